The second-order valence-electron chi connectivity index (χ2n) is 5.21. The van der Waals surface area contributed by atoms with Crippen LogP contribution in [-0.2, 0) is 4.79 Å². The Kier molecular flexibility index (Phi) is 4.83. The summed E-state index contributed by atoms with van der Waals surface area (Å²) in [7, 11) is 0. The van der Waals surface area contributed by atoms with Gasteiger partial charge in [0.25, 0.3) is 0 Å². The number of likely N-dealkylation sites (tertiary alicyclic amines) is 1. The third-order valence-electron chi connectivity index (χ3n) is 3.62. The van der Waals surface area contributed by atoms with Crippen molar-refractivity contribution < 1.29 is 27.9 Å². The molecule has 0 saturated carbocycles. The lowest BCUT2D eigenvalue weighted by molar-refractivity contribution is -0.170. The molecule has 2 rings (SSSR count). The number of carbonyl (C=O) groups excluding carboxylic acids is 1. The van der Waals surface area contributed by atoms with Crippen LogP contribution in [-0.4, -0.2) is 45.8 Å². The van der Waals surface area contributed by atoms with Crippen molar-refractivity contribution in [3.8, 4) is 0 Å². The van der Waals surface area contributed by atoms with E-state index < -0.39 is 43.1 Å². The fourth-order valence-electron chi connectivity index (χ4n) is 2.36. The van der Waals surface area contributed by atoms with Gasteiger partial charge in [0.15, 0.2) is 0 Å². The first-order chi connectivity index (χ1) is 10.6. The van der Waals surface area contributed by atoms with Gasteiger partial charge in [-0.15, -0.1) is 0 Å². The van der Waals surface area contributed by atoms with E-state index in [4.69, 9.17) is 5.11 Å². The highest BCUT2D eigenvalue weighted by molar-refractivity contribution is 9.10. The molecule has 1 aliphatic heterocycles. The summed E-state index contributed by atoms with van der Waals surface area (Å²) in [6, 6.07) is 1.90. The van der Waals surface area contributed by atoms with Crippen LogP contribution >= 0.6 is 15.9 Å². The van der Waals surface area contributed by atoms with Gasteiger partial charge >= 0.3 is 12.3 Å². The minimum absolute atomic E-state index is 0.171. The maximum absolute atomic E-state index is 12.8. The molecule has 0 spiro atoms. The van der Waals surface area contributed by atoms with Gasteiger partial charge in [-0.25, -0.2) is 9.78 Å². The number of aromatic nitrogens is 1. The van der Waals surface area contributed by atoms with Crippen LogP contribution in [0.4, 0.5) is 23.8 Å². The summed E-state index contributed by atoms with van der Waals surface area (Å²) in [5, 5.41) is 11.4. The average Bonchev–Trinajstić information content (AvgIpc) is 2.88. The van der Waals surface area contributed by atoms with E-state index in [0.29, 0.717) is 15.1 Å². The predicted octanol–water partition coefficient (Wildman–Crippen LogP) is 3.02. The topological polar surface area (TPSA) is 82.5 Å². The van der Waals surface area contributed by atoms with Crippen molar-refractivity contribution in [2.75, 3.05) is 11.9 Å². The summed E-state index contributed by atoms with van der Waals surface area (Å²) in [6.07, 6.45) is -6.71. The molecule has 126 valence electrons. The molecular weight excluding hydrogens is 383 g/mol. The van der Waals surface area contributed by atoms with Gasteiger partial charge in [-0.3, -0.25) is 9.69 Å². The van der Waals surface area contributed by atoms with Crippen LogP contribution in [0.3, 0.4) is 0 Å². The standard InChI is InChI=1S/C13H13BrF3N3O3/c1-6-2-3-9(14)18-10(6)19-11(21)8-4-7(13(15,16)17)5-20(8)12(22)23/h2-3,7-8H,4-5H2,1H3,(H,22,23)(H,18,19,21). The molecule has 2 unspecified atom stereocenters. The Morgan fingerprint density at radius 2 is 2.09 bits per heavy atom. The first-order valence-corrected chi connectivity index (χ1v) is 7.39. The summed E-state index contributed by atoms with van der Waals surface area (Å²) in [5.41, 5.74) is 0.605. The number of hydrogen-bond acceptors (Lipinski definition) is 3. The number of halogens is 4. The van der Waals surface area contributed by atoms with E-state index in [1.54, 1.807) is 19.1 Å². The van der Waals surface area contributed by atoms with Crippen molar-refractivity contribution in [1.82, 2.24) is 9.88 Å². The summed E-state index contributed by atoms with van der Waals surface area (Å²) in [5.74, 6) is -2.51. The molecule has 2 N–H and O–H groups in total. The Bertz CT molecular complexity index is 639. The number of anilines is 1. The number of carboxylic acid groups (broad SMARTS) is 1. The van der Waals surface area contributed by atoms with Crippen molar-refractivity contribution in [1.29, 1.82) is 0 Å². The van der Waals surface area contributed by atoms with Crippen molar-refractivity contribution in [2.24, 2.45) is 5.92 Å². The van der Waals surface area contributed by atoms with E-state index in [-0.39, 0.29) is 5.82 Å². The summed E-state index contributed by atoms with van der Waals surface area (Å²) in [4.78, 5) is 27.9. The minimum Gasteiger partial charge on any atom is -0.465 e. The molecule has 1 aromatic rings. The number of hydrogen-bond donors (Lipinski definition) is 2. The highest BCUT2D eigenvalue weighted by Gasteiger charge is 2.51. The Balaban J connectivity index is 2.19. The lowest BCUT2D eigenvalue weighted by Gasteiger charge is -2.20. The highest BCUT2D eigenvalue weighted by Crippen LogP contribution is 2.37. The van der Waals surface area contributed by atoms with E-state index in [0.717, 1.165) is 0 Å². The van der Waals surface area contributed by atoms with Crippen molar-refractivity contribution in [2.45, 2.75) is 25.6 Å². The van der Waals surface area contributed by atoms with Crippen LogP contribution in [0.1, 0.15) is 12.0 Å². The molecule has 10 heteroatoms. The third-order valence-corrected chi connectivity index (χ3v) is 4.06. The molecule has 0 bridgehead atoms. The SMILES string of the molecule is Cc1ccc(Br)nc1NC(=O)C1CC(C(F)(F)F)CN1C(=O)O. The van der Waals surface area contributed by atoms with Crippen LogP contribution in [0.25, 0.3) is 0 Å². The number of nitrogens with zero attached hydrogens (tertiary/aromatic N) is 2. The van der Waals surface area contributed by atoms with Crippen molar-refractivity contribution in [3.05, 3.63) is 22.3 Å². The third kappa shape index (κ3) is 3.92. The Hall–Kier alpha value is -1.84. The molecule has 2 atom stereocenters. The van der Waals surface area contributed by atoms with Crippen LogP contribution in [0.5, 0.6) is 0 Å². The molecule has 6 nitrogen and oxygen atoms in total. The second kappa shape index (κ2) is 6.34. The molecular formula is C13H13BrF3N3O3. The first-order valence-electron chi connectivity index (χ1n) is 6.60. The number of aryl methyl sites for hydroxylation is 1. The summed E-state index contributed by atoms with van der Waals surface area (Å²) < 4.78 is 38.9. The van der Waals surface area contributed by atoms with Gasteiger partial charge in [-0.2, -0.15) is 13.2 Å². The van der Waals surface area contributed by atoms with Gasteiger partial charge in [0.05, 0.1) is 5.92 Å². The minimum atomic E-state index is -4.55. The van der Waals surface area contributed by atoms with Crippen LogP contribution < -0.4 is 5.32 Å². The van der Waals surface area contributed by atoms with E-state index in [1.165, 1.54) is 0 Å². The highest BCUT2D eigenvalue weighted by atomic mass is 79.9. The molecule has 1 aliphatic rings. The summed E-state index contributed by atoms with van der Waals surface area (Å²) in [6.45, 7) is 0.916. The normalized spacial score (nSPS) is 21.3. The predicted molar refractivity (Wildman–Crippen MR) is 78.0 cm³/mol. The van der Waals surface area contributed by atoms with Crippen LogP contribution in [0.2, 0.25) is 0 Å². The Labute approximate surface area is 137 Å². The van der Waals surface area contributed by atoms with Gasteiger partial charge < -0.3 is 10.4 Å². The Morgan fingerprint density at radius 3 is 2.65 bits per heavy atom. The zero-order chi connectivity index (χ0) is 17.4. The molecule has 2 heterocycles. The van der Waals surface area contributed by atoms with E-state index >= 15 is 0 Å². The Morgan fingerprint density at radius 1 is 1.43 bits per heavy atom. The monoisotopic (exact) mass is 395 g/mol. The van der Waals surface area contributed by atoms with Gasteiger partial charge in [-0.1, -0.05) is 6.07 Å². The lowest BCUT2D eigenvalue weighted by Crippen LogP contribution is -2.42. The molecule has 1 fully saturated rings. The first kappa shape index (κ1) is 17.5. The summed E-state index contributed by atoms with van der Waals surface area (Å²) >= 11 is 3.12. The zero-order valence-corrected chi connectivity index (χ0v) is 13.5. The fourth-order valence-corrected chi connectivity index (χ4v) is 2.67. The lowest BCUT2D eigenvalue weighted by atomic mass is 10.0. The number of nitrogens with one attached hydrogen (secondary N) is 1. The molecule has 0 aromatic carbocycles. The smallest absolute Gasteiger partial charge is 0.407 e. The largest absolute Gasteiger partial charge is 0.465 e. The van der Waals surface area contributed by atoms with Crippen LogP contribution in [0.15, 0.2) is 16.7 Å². The maximum Gasteiger partial charge on any atom is 0.407 e. The van der Waals surface area contributed by atoms with E-state index in [9.17, 15) is 22.8 Å². The average molecular weight is 396 g/mol. The van der Waals surface area contributed by atoms with Gasteiger partial charge in [0.2, 0.25) is 5.91 Å². The molecule has 0 radical (unpaired) electrons. The van der Waals surface area contributed by atoms with E-state index in [1.807, 2.05) is 0 Å². The van der Waals surface area contributed by atoms with Gasteiger partial charge in [0.1, 0.15) is 16.5 Å². The number of alkyl halides is 3. The molecule has 2 amide bonds. The number of carbonyl (C=O) groups is 2. The maximum atomic E-state index is 12.8. The molecule has 0 aliphatic carbocycles. The number of pyridine rings is 1. The molecule has 1 aromatic heterocycles. The van der Waals surface area contributed by atoms with Crippen molar-refractivity contribution in [3.63, 3.8) is 0 Å². The number of rotatable bonds is 2. The van der Waals surface area contributed by atoms with Gasteiger partial charge in [-0.05, 0) is 40.9 Å². The number of amides is 2. The second-order valence-corrected chi connectivity index (χ2v) is 6.03. The zero-order valence-electron chi connectivity index (χ0n) is 11.9. The quantitative estimate of drug-likeness (QED) is 0.754. The van der Waals surface area contributed by atoms with E-state index in [2.05, 4.69) is 26.2 Å². The van der Waals surface area contributed by atoms with Gasteiger partial charge in [0, 0.05) is 6.54 Å². The molecule has 23 heavy (non-hydrogen) atoms. The van der Waals surface area contributed by atoms with Crippen molar-refractivity contribution >= 4 is 33.7 Å². The van der Waals surface area contributed by atoms with Crippen LogP contribution in [0, 0.1) is 12.8 Å². The molecule has 1 saturated heterocycles. The fraction of sp³-hybridized carbons (Fsp3) is 0.462.